The molecular weight excluding hydrogens is 376 g/mol. The molecule has 0 unspecified atom stereocenters. The maximum Gasteiger partial charge on any atom is 0.405 e. The van der Waals surface area contributed by atoms with E-state index < -0.39 is 31.1 Å². The molecule has 9 heteroatoms. The van der Waals surface area contributed by atoms with Crippen molar-refractivity contribution >= 4 is 39.3 Å². The van der Waals surface area contributed by atoms with Crippen LogP contribution < -0.4 is 5.32 Å². The molecule has 1 aromatic carbocycles. The molecule has 2 amide bonds. The monoisotopic (exact) mass is 386 g/mol. The van der Waals surface area contributed by atoms with Gasteiger partial charge in [0.1, 0.15) is 6.54 Å². The quantitative estimate of drug-likeness (QED) is 0.864. The number of rotatable bonds is 4. The van der Waals surface area contributed by atoms with E-state index in [1.54, 1.807) is 17.4 Å². The number of hydrogen-bond acceptors (Lipinski definition) is 2. The second-order valence-electron chi connectivity index (χ2n) is 4.15. The van der Waals surface area contributed by atoms with Crippen molar-refractivity contribution in [1.82, 2.24) is 10.2 Å². The molecule has 1 rings (SSSR count). The average Bonchev–Trinajstić information content (AvgIpc) is 2.38. The first kappa shape index (κ1) is 17.8. The molecule has 0 aromatic heterocycles. The van der Waals surface area contributed by atoms with Gasteiger partial charge >= 0.3 is 6.18 Å². The van der Waals surface area contributed by atoms with E-state index in [0.29, 0.717) is 4.47 Å². The van der Waals surface area contributed by atoms with Gasteiger partial charge in [0.2, 0.25) is 5.91 Å². The summed E-state index contributed by atoms with van der Waals surface area (Å²) in [6.07, 6.45) is -4.49. The average molecular weight is 388 g/mol. The molecule has 0 heterocycles. The van der Waals surface area contributed by atoms with Crippen molar-refractivity contribution in [3.05, 3.63) is 33.3 Å². The molecule has 0 atom stereocenters. The third-order valence-corrected chi connectivity index (χ3v) is 3.69. The minimum atomic E-state index is -4.49. The molecule has 0 saturated carbocycles. The highest BCUT2D eigenvalue weighted by Crippen LogP contribution is 2.26. The molecule has 1 aromatic rings. The number of hydrogen-bond donors (Lipinski definition) is 1. The Kier molecular flexibility index (Phi) is 6.03. The van der Waals surface area contributed by atoms with Crippen LogP contribution in [0, 0.1) is 0 Å². The van der Waals surface area contributed by atoms with Crippen LogP contribution in [0.3, 0.4) is 0 Å². The Bertz CT molecular complexity index is 552. The summed E-state index contributed by atoms with van der Waals surface area (Å²) < 4.78 is 36.4. The lowest BCUT2D eigenvalue weighted by atomic mass is 10.2. The maximum absolute atomic E-state index is 12.1. The first-order valence-electron chi connectivity index (χ1n) is 5.64. The summed E-state index contributed by atoms with van der Waals surface area (Å²) in [7, 11) is 1.30. The van der Waals surface area contributed by atoms with Crippen LogP contribution in [-0.2, 0) is 4.79 Å². The van der Waals surface area contributed by atoms with Crippen molar-refractivity contribution in [1.29, 1.82) is 0 Å². The fourth-order valence-corrected chi connectivity index (χ4v) is 1.99. The molecule has 0 aliphatic heterocycles. The SMILES string of the molecule is CN(CC(=O)NCC(F)(F)F)C(=O)c1cccc(Br)c1Cl. The molecule has 0 spiro atoms. The van der Waals surface area contributed by atoms with Crippen molar-refractivity contribution in [2.75, 3.05) is 20.1 Å². The topological polar surface area (TPSA) is 49.4 Å². The van der Waals surface area contributed by atoms with Crippen molar-refractivity contribution in [3.8, 4) is 0 Å². The first-order valence-corrected chi connectivity index (χ1v) is 6.82. The molecule has 0 aliphatic carbocycles. The van der Waals surface area contributed by atoms with Crippen LogP contribution in [0.5, 0.6) is 0 Å². The Balaban J connectivity index is 2.67. The zero-order chi connectivity index (χ0) is 16.2. The van der Waals surface area contributed by atoms with E-state index in [0.717, 1.165) is 4.90 Å². The van der Waals surface area contributed by atoms with E-state index in [9.17, 15) is 22.8 Å². The minimum absolute atomic E-state index is 0.150. The molecule has 21 heavy (non-hydrogen) atoms. The number of likely N-dealkylation sites (N-methyl/N-ethyl adjacent to an activating group) is 1. The number of amides is 2. The summed E-state index contributed by atoms with van der Waals surface area (Å²) in [6.45, 7) is -1.94. The standard InChI is InChI=1S/C12H11BrClF3N2O2/c1-19(5-9(20)18-6-12(15,16)17)11(21)7-3-2-4-8(13)10(7)14/h2-4H,5-6H2,1H3,(H,18,20). The van der Waals surface area contributed by atoms with E-state index in [-0.39, 0.29) is 10.6 Å². The van der Waals surface area contributed by atoms with Crippen LogP contribution in [0.1, 0.15) is 10.4 Å². The van der Waals surface area contributed by atoms with Crippen LogP contribution >= 0.6 is 27.5 Å². The number of nitrogens with one attached hydrogen (secondary N) is 1. The first-order chi connectivity index (χ1) is 9.61. The number of benzene rings is 1. The van der Waals surface area contributed by atoms with E-state index in [2.05, 4.69) is 15.9 Å². The number of alkyl halides is 3. The lowest BCUT2D eigenvalue weighted by Crippen LogP contribution is -2.41. The second-order valence-corrected chi connectivity index (χ2v) is 5.39. The van der Waals surface area contributed by atoms with Gasteiger partial charge in [-0.05, 0) is 28.1 Å². The van der Waals surface area contributed by atoms with Crippen LogP contribution in [-0.4, -0.2) is 43.0 Å². The Hall–Kier alpha value is -1.28. The van der Waals surface area contributed by atoms with Gasteiger partial charge in [-0.25, -0.2) is 0 Å². The largest absolute Gasteiger partial charge is 0.405 e. The Morgan fingerprint density at radius 3 is 2.57 bits per heavy atom. The normalized spacial score (nSPS) is 11.1. The lowest BCUT2D eigenvalue weighted by Gasteiger charge is -2.18. The Labute approximate surface area is 132 Å². The molecule has 0 saturated heterocycles. The van der Waals surface area contributed by atoms with Gasteiger partial charge in [-0.3, -0.25) is 9.59 Å². The summed E-state index contributed by atoms with van der Waals surface area (Å²) in [5.74, 6) is -1.47. The van der Waals surface area contributed by atoms with Gasteiger partial charge < -0.3 is 10.2 Å². The van der Waals surface area contributed by atoms with Gasteiger partial charge in [0.15, 0.2) is 0 Å². The Morgan fingerprint density at radius 1 is 1.38 bits per heavy atom. The van der Waals surface area contributed by atoms with Crippen LogP contribution in [0.2, 0.25) is 5.02 Å². The molecule has 1 N–H and O–H groups in total. The number of nitrogens with zero attached hydrogens (tertiary/aromatic N) is 1. The highest BCUT2D eigenvalue weighted by atomic mass is 79.9. The predicted molar refractivity (Wildman–Crippen MR) is 75.2 cm³/mol. The fraction of sp³-hybridized carbons (Fsp3) is 0.333. The van der Waals surface area contributed by atoms with Crippen LogP contribution in [0.4, 0.5) is 13.2 Å². The lowest BCUT2D eigenvalue weighted by molar-refractivity contribution is -0.138. The van der Waals surface area contributed by atoms with E-state index >= 15 is 0 Å². The molecule has 116 valence electrons. The summed E-state index contributed by atoms with van der Waals surface area (Å²) in [4.78, 5) is 24.4. The van der Waals surface area contributed by atoms with Gasteiger partial charge in [-0.15, -0.1) is 0 Å². The summed E-state index contributed by atoms with van der Waals surface area (Å²) in [6, 6.07) is 4.68. The molecular formula is C12H11BrClF3N2O2. The van der Waals surface area contributed by atoms with Crippen LogP contribution in [0.25, 0.3) is 0 Å². The van der Waals surface area contributed by atoms with Gasteiger partial charge in [0.05, 0.1) is 17.1 Å². The van der Waals surface area contributed by atoms with E-state index in [1.165, 1.54) is 13.1 Å². The summed E-state index contributed by atoms with van der Waals surface area (Å²) >= 11 is 9.10. The van der Waals surface area contributed by atoms with Crippen LogP contribution in [0.15, 0.2) is 22.7 Å². The number of carbonyl (C=O) groups excluding carboxylic acids is 2. The van der Waals surface area contributed by atoms with E-state index in [1.807, 2.05) is 0 Å². The smallest absolute Gasteiger partial charge is 0.345 e. The van der Waals surface area contributed by atoms with Crippen molar-refractivity contribution < 1.29 is 22.8 Å². The number of halogens is 5. The minimum Gasteiger partial charge on any atom is -0.345 e. The third kappa shape index (κ3) is 5.55. The summed E-state index contributed by atoms with van der Waals surface area (Å²) in [5.41, 5.74) is 0.150. The van der Waals surface area contributed by atoms with Gasteiger partial charge in [-0.2, -0.15) is 13.2 Å². The predicted octanol–water partition coefficient (Wildman–Crippen LogP) is 2.85. The summed E-state index contributed by atoms with van der Waals surface area (Å²) in [5, 5.41) is 1.86. The highest BCUT2D eigenvalue weighted by Gasteiger charge is 2.28. The maximum atomic E-state index is 12.1. The van der Waals surface area contributed by atoms with Crippen molar-refractivity contribution in [3.63, 3.8) is 0 Å². The second kappa shape index (κ2) is 7.13. The third-order valence-electron chi connectivity index (χ3n) is 2.40. The zero-order valence-electron chi connectivity index (χ0n) is 10.8. The van der Waals surface area contributed by atoms with Crippen molar-refractivity contribution in [2.45, 2.75) is 6.18 Å². The number of carbonyl (C=O) groups is 2. The molecule has 0 radical (unpaired) electrons. The fourth-order valence-electron chi connectivity index (χ4n) is 1.42. The zero-order valence-corrected chi connectivity index (χ0v) is 13.1. The van der Waals surface area contributed by atoms with Gasteiger partial charge in [0, 0.05) is 11.5 Å². The molecule has 0 fully saturated rings. The van der Waals surface area contributed by atoms with Gasteiger partial charge in [-0.1, -0.05) is 17.7 Å². The molecule has 0 bridgehead atoms. The van der Waals surface area contributed by atoms with Crippen molar-refractivity contribution in [2.24, 2.45) is 0 Å². The molecule has 0 aliphatic rings. The van der Waals surface area contributed by atoms with E-state index in [4.69, 9.17) is 11.6 Å². The van der Waals surface area contributed by atoms with Gasteiger partial charge in [0.25, 0.3) is 5.91 Å². The molecule has 4 nitrogen and oxygen atoms in total. The Morgan fingerprint density at radius 2 is 2.00 bits per heavy atom. The highest BCUT2D eigenvalue weighted by molar-refractivity contribution is 9.10.